The highest BCUT2D eigenvalue weighted by Gasteiger charge is 2.12. The van der Waals surface area contributed by atoms with E-state index in [0.29, 0.717) is 5.69 Å². The number of para-hydroxylation sites is 1. The predicted octanol–water partition coefficient (Wildman–Crippen LogP) is 1.90. The van der Waals surface area contributed by atoms with Crippen molar-refractivity contribution in [3.63, 3.8) is 0 Å². The summed E-state index contributed by atoms with van der Waals surface area (Å²) in [5.41, 5.74) is 0.867. The van der Waals surface area contributed by atoms with Gasteiger partial charge in [-0.1, -0.05) is 23.9 Å². The second-order valence-corrected chi connectivity index (χ2v) is 4.09. The Morgan fingerprint density at radius 1 is 1.47 bits per heavy atom. The van der Waals surface area contributed by atoms with Gasteiger partial charge in [-0.25, -0.2) is 4.79 Å². The number of aromatic carboxylic acids is 1. The summed E-state index contributed by atoms with van der Waals surface area (Å²) in [6, 6.07) is 6.82. The highest BCUT2D eigenvalue weighted by molar-refractivity contribution is 8.14. The van der Waals surface area contributed by atoms with Crippen LogP contribution in [0, 0.1) is 0 Å². The second-order valence-electron chi connectivity index (χ2n) is 3.01. The quantitative estimate of drug-likeness (QED) is 0.802. The van der Waals surface area contributed by atoms with E-state index in [1.165, 1.54) is 0 Å². The van der Waals surface area contributed by atoms with Crippen LogP contribution in [0.5, 0.6) is 0 Å². The van der Waals surface area contributed by atoms with Crippen LogP contribution in [0.25, 0.3) is 0 Å². The summed E-state index contributed by atoms with van der Waals surface area (Å²) in [5.74, 6) is 0.0269. The lowest BCUT2D eigenvalue weighted by atomic mass is 10.2. The molecule has 0 aliphatic carbocycles. The molecule has 0 fully saturated rings. The van der Waals surface area contributed by atoms with Crippen LogP contribution in [-0.2, 0) is 0 Å². The number of carboxylic acid groups (broad SMARTS) is 1. The monoisotopic (exact) mass is 222 g/mol. The van der Waals surface area contributed by atoms with Gasteiger partial charge in [-0.3, -0.25) is 4.99 Å². The summed E-state index contributed by atoms with van der Waals surface area (Å²) in [7, 11) is 0. The molecule has 1 aromatic carbocycles. The summed E-state index contributed by atoms with van der Waals surface area (Å²) in [4.78, 5) is 15.1. The van der Waals surface area contributed by atoms with Crippen molar-refractivity contribution in [2.45, 2.75) is 0 Å². The first-order valence-electron chi connectivity index (χ1n) is 4.54. The molecule has 1 aliphatic heterocycles. The van der Waals surface area contributed by atoms with E-state index in [1.807, 2.05) is 0 Å². The van der Waals surface area contributed by atoms with Gasteiger partial charge in [0.05, 0.1) is 17.8 Å². The van der Waals surface area contributed by atoms with E-state index in [2.05, 4.69) is 10.3 Å². The van der Waals surface area contributed by atoms with Crippen molar-refractivity contribution < 1.29 is 9.90 Å². The van der Waals surface area contributed by atoms with Crippen LogP contribution < -0.4 is 5.32 Å². The Kier molecular flexibility index (Phi) is 2.91. The van der Waals surface area contributed by atoms with Crippen LogP contribution >= 0.6 is 11.8 Å². The van der Waals surface area contributed by atoms with Crippen LogP contribution in [0.2, 0.25) is 0 Å². The fourth-order valence-corrected chi connectivity index (χ4v) is 2.05. The maximum atomic E-state index is 10.9. The minimum Gasteiger partial charge on any atom is -0.478 e. The van der Waals surface area contributed by atoms with Gasteiger partial charge in [-0.15, -0.1) is 0 Å². The van der Waals surface area contributed by atoms with E-state index in [-0.39, 0.29) is 5.56 Å². The third-order valence-corrected chi connectivity index (χ3v) is 2.88. The van der Waals surface area contributed by atoms with Gasteiger partial charge in [-0.05, 0) is 12.1 Å². The fourth-order valence-electron chi connectivity index (χ4n) is 1.30. The lowest BCUT2D eigenvalue weighted by Crippen LogP contribution is -2.09. The lowest BCUT2D eigenvalue weighted by molar-refractivity contribution is 0.0698. The number of hydrogen-bond donors (Lipinski definition) is 2. The topological polar surface area (TPSA) is 61.7 Å². The Morgan fingerprint density at radius 2 is 2.27 bits per heavy atom. The third-order valence-electron chi connectivity index (χ3n) is 1.98. The highest BCUT2D eigenvalue weighted by atomic mass is 32.2. The van der Waals surface area contributed by atoms with Gasteiger partial charge in [0, 0.05) is 5.75 Å². The first-order valence-corrected chi connectivity index (χ1v) is 5.52. The number of amidine groups is 1. The third kappa shape index (κ3) is 2.30. The number of anilines is 1. The van der Waals surface area contributed by atoms with Gasteiger partial charge in [0.2, 0.25) is 0 Å². The Balaban J connectivity index is 2.23. The zero-order chi connectivity index (χ0) is 10.7. The average molecular weight is 222 g/mol. The molecule has 0 saturated heterocycles. The van der Waals surface area contributed by atoms with E-state index in [9.17, 15) is 4.79 Å². The molecule has 0 radical (unpaired) electrons. The van der Waals surface area contributed by atoms with Crippen molar-refractivity contribution in [3.05, 3.63) is 29.8 Å². The summed E-state index contributed by atoms with van der Waals surface area (Å²) in [6.45, 7) is 0.794. The Hall–Kier alpha value is -1.49. The number of rotatable bonds is 2. The van der Waals surface area contributed by atoms with Crippen molar-refractivity contribution in [3.8, 4) is 0 Å². The minimum atomic E-state index is -0.929. The molecule has 0 spiro atoms. The van der Waals surface area contributed by atoms with E-state index >= 15 is 0 Å². The van der Waals surface area contributed by atoms with Crippen molar-refractivity contribution >= 4 is 28.6 Å². The number of hydrogen-bond acceptors (Lipinski definition) is 4. The summed E-state index contributed by atoms with van der Waals surface area (Å²) >= 11 is 1.60. The van der Waals surface area contributed by atoms with Crippen LogP contribution in [-0.4, -0.2) is 28.5 Å². The molecule has 4 nitrogen and oxygen atoms in total. The average Bonchev–Trinajstić information content (AvgIpc) is 2.71. The van der Waals surface area contributed by atoms with Gasteiger partial charge in [-0.2, -0.15) is 0 Å². The normalized spacial score (nSPS) is 14.8. The van der Waals surface area contributed by atoms with E-state index in [1.54, 1.807) is 36.0 Å². The fraction of sp³-hybridized carbons (Fsp3) is 0.200. The van der Waals surface area contributed by atoms with Gasteiger partial charge >= 0.3 is 5.97 Å². The number of carboxylic acids is 1. The van der Waals surface area contributed by atoms with Crippen molar-refractivity contribution in [1.29, 1.82) is 0 Å². The smallest absolute Gasteiger partial charge is 0.337 e. The SMILES string of the molecule is O=C(O)c1ccccc1NC1=NCCS1. The molecule has 1 aliphatic rings. The molecule has 0 saturated carbocycles. The number of carbonyl (C=O) groups is 1. The molecular weight excluding hydrogens is 212 g/mol. The van der Waals surface area contributed by atoms with Gasteiger partial charge in [0.25, 0.3) is 0 Å². The molecule has 0 aromatic heterocycles. The summed E-state index contributed by atoms with van der Waals surface area (Å²) in [5, 5.41) is 12.8. The van der Waals surface area contributed by atoms with Crippen molar-refractivity contribution in [2.24, 2.45) is 4.99 Å². The largest absolute Gasteiger partial charge is 0.478 e. The molecule has 2 N–H and O–H groups in total. The molecule has 1 heterocycles. The molecule has 1 aromatic rings. The number of aliphatic imine (C=N–C) groups is 1. The van der Waals surface area contributed by atoms with Gasteiger partial charge < -0.3 is 10.4 Å². The number of thioether (sulfide) groups is 1. The minimum absolute atomic E-state index is 0.271. The Labute approximate surface area is 91.4 Å². The van der Waals surface area contributed by atoms with Crippen LogP contribution in [0.15, 0.2) is 29.3 Å². The van der Waals surface area contributed by atoms with E-state index in [0.717, 1.165) is 17.5 Å². The summed E-state index contributed by atoms with van der Waals surface area (Å²) < 4.78 is 0. The van der Waals surface area contributed by atoms with Crippen molar-refractivity contribution in [2.75, 3.05) is 17.6 Å². The first kappa shape index (κ1) is 10.0. The molecule has 0 unspecified atom stereocenters. The number of nitrogens with zero attached hydrogens (tertiary/aromatic N) is 1. The Bertz CT molecular complexity index is 418. The van der Waals surface area contributed by atoms with Gasteiger partial charge in [0.1, 0.15) is 0 Å². The second kappa shape index (κ2) is 4.35. The zero-order valence-electron chi connectivity index (χ0n) is 7.93. The molecule has 5 heteroatoms. The maximum absolute atomic E-state index is 10.9. The maximum Gasteiger partial charge on any atom is 0.337 e. The molecular formula is C10H10N2O2S. The predicted molar refractivity (Wildman–Crippen MR) is 61.8 cm³/mol. The van der Waals surface area contributed by atoms with Crippen LogP contribution in [0.4, 0.5) is 5.69 Å². The lowest BCUT2D eigenvalue weighted by Gasteiger charge is -2.07. The van der Waals surface area contributed by atoms with E-state index in [4.69, 9.17) is 5.11 Å². The standard InChI is InChI=1S/C10H10N2O2S/c13-9(14)7-3-1-2-4-8(7)12-10-11-5-6-15-10/h1-4H,5-6H2,(H,11,12)(H,13,14). The van der Waals surface area contributed by atoms with Crippen molar-refractivity contribution in [1.82, 2.24) is 0 Å². The molecule has 0 amide bonds. The molecule has 2 rings (SSSR count). The zero-order valence-corrected chi connectivity index (χ0v) is 8.75. The van der Waals surface area contributed by atoms with E-state index < -0.39 is 5.97 Å². The highest BCUT2D eigenvalue weighted by Crippen LogP contribution is 2.19. The molecule has 15 heavy (non-hydrogen) atoms. The van der Waals surface area contributed by atoms with Crippen LogP contribution in [0.1, 0.15) is 10.4 Å². The number of nitrogens with one attached hydrogen (secondary N) is 1. The molecule has 0 bridgehead atoms. The summed E-state index contributed by atoms with van der Waals surface area (Å²) in [6.07, 6.45) is 0. The molecule has 0 atom stereocenters. The van der Waals surface area contributed by atoms with Crippen LogP contribution in [0.3, 0.4) is 0 Å². The number of benzene rings is 1. The molecule has 78 valence electrons. The Morgan fingerprint density at radius 3 is 2.93 bits per heavy atom. The van der Waals surface area contributed by atoms with Gasteiger partial charge in [0.15, 0.2) is 5.17 Å². The first-order chi connectivity index (χ1) is 7.27.